The largest absolute Gasteiger partial charge is 0.315 e. The SMILES string of the molecule is C=C/C=C\C=C(\C)N(c1ccccc1)c1ccc2c(c1)C(S(C)(C)C)(S(C)(C)C)c1c-2c2c(c3cc(N(C4=CCCC=C4C)c4ccccc4)ccc13)C=CC(C)C2. The van der Waals surface area contributed by atoms with Crippen LogP contribution >= 0.6 is 20.1 Å². The summed E-state index contributed by atoms with van der Waals surface area (Å²) in [6.07, 6.45) is 36.5. The second-order valence-corrected chi connectivity index (χ2v) is 26.6. The molecule has 0 heterocycles. The van der Waals surface area contributed by atoms with Gasteiger partial charge in [0.1, 0.15) is 0 Å². The van der Waals surface area contributed by atoms with Crippen LogP contribution in [0.2, 0.25) is 0 Å². The lowest BCUT2D eigenvalue weighted by Gasteiger charge is -2.59. The smallest absolute Gasteiger partial charge is 0.0818 e. The van der Waals surface area contributed by atoms with Gasteiger partial charge in [0.05, 0.1) is 4.08 Å². The van der Waals surface area contributed by atoms with E-state index in [2.05, 4.69) is 208 Å². The average Bonchev–Trinajstić information content (AvgIpc) is 3.53. The van der Waals surface area contributed by atoms with Crippen molar-refractivity contribution in [2.75, 3.05) is 47.3 Å². The lowest BCUT2D eigenvalue weighted by molar-refractivity contribution is 0.719. The Labute approximate surface area is 351 Å². The summed E-state index contributed by atoms with van der Waals surface area (Å²) in [5.74, 6) is 0.463. The van der Waals surface area contributed by atoms with Crippen molar-refractivity contribution in [2.45, 2.75) is 44.1 Å². The van der Waals surface area contributed by atoms with E-state index in [4.69, 9.17) is 0 Å². The molecule has 5 aromatic rings. The van der Waals surface area contributed by atoms with Crippen molar-refractivity contribution in [2.24, 2.45) is 5.92 Å². The second-order valence-electron chi connectivity index (χ2n) is 17.8. The predicted octanol–water partition coefficient (Wildman–Crippen LogP) is 15.2. The molecule has 1 unspecified atom stereocenters. The molecule has 0 saturated heterocycles. The summed E-state index contributed by atoms with van der Waals surface area (Å²) in [5.41, 5.74) is 17.5. The van der Waals surface area contributed by atoms with Gasteiger partial charge in [0.2, 0.25) is 0 Å². The summed E-state index contributed by atoms with van der Waals surface area (Å²) in [5, 5.41) is 2.78. The van der Waals surface area contributed by atoms with E-state index in [0.29, 0.717) is 5.92 Å². The number of benzene rings is 5. The van der Waals surface area contributed by atoms with Crippen molar-refractivity contribution in [3.05, 3.63) is 185 Å². The molecule has 58 heavy (non-hydrogen) atoms. The number of nitrogens with zero attached hydrogens (tertiary/aromatic N) is 2. The second kappa shape index (κ2) is 15.4. The van der Waals surface area contributed by atoms with Gasteiger partial charge in [-0.3, -0.25) is 0 Å². The molecule has 2 nitrogen and oxygen atoms in total. The first-order chi connectivity index (χ1) is 27.8. The highest BCUT2D eigenvalue weighted by Crippen LogP contribution is 2.81. The molecule has 1 atom stereocenters. The Morgan fingerprint density at radius 2 is 1.40 bits per heavy atom. The fourth-order valence-corrected chi connectivity index (χ4v) is 19.6. The summed E-state index contributed by atoms with van der Waals surface area (Å²) < 4.78 is -0.160. The molecule has 3 aliphatic rings. The van der Waals surface area contributed by atoms with E-state index in [1.165, 1.54) is 66.9 Å². The molecule has 3 aliphatic carbocycles. The third kappa shape index (κ3) is 6.53. The van der Waals surface area contributed by atoms with Crippen molar-refractivity contribution in [3.8, 4) is 11.1 Å². The molecule has 0 spiro atoms. The number of anilines is 4. The Morgan fingerprint density at radius 1 is 0.741 bits per heavy atom. The molecule has 4 heteroatoms. The fraction of sp³-hybridized carbons (Fsp3) is 0.259. The highest BCUT2D eigenvalue weighted by atomic mass is 32.3. The number of allylic oxidation sites excluding steroid dienone is 9. The maximum Gasteiger partial charge on any atom is 0.0818 e. The number of fused-ring (bicyclic) bond motifs is 8. The van der Waals surface area contributed by atoms with Gasteiger partial charge in [0.15, 0.2) is 0 Å². The van der Waals surface area contributed by atoms with Crippen LogP contribution in [-0.4, -0.2) is 37.5 Å². The van der Waals surface area contributed by atoms with E-state index in [1.54, 1.807) is 5.56 Å². The molecule has 0 aliphatic heterocycles. The highest BCUT2D eigenvalue weighted by molar-refractivity contribution is 8.48. The van der Waals surface area contributed by atoms with Gasteiger partial charge in [0.25, 0.3) is 0 Å². The van der Waals surface area contributed by atoms with Gasteiger partial charge in [-0.25, -0.2) is 20.1 Å². The van der Waals surface area contributed by atoms with Gasteiger partial charge in [0, 0.05) is 34.1 Å². The fourth-order valence-electron chi connectivity index (χ4n) is 10.2. The first-order valence-electron chi connectivity index (χ1n) is 20.6. The van der Waals surface area contributed by atoms with Crippen LogP contribution in [0.1, 0.15) is 55.9 Å². The van der Waals surface area contributed by atoms with Gasteiger partial charge >= 0.3 is 0 Å². The van der Waals surface area contributed by atoms with E-state index < -0.39 is 20.1 Å². The summed E-state index contributed by atoms with van der Waals surface area (Å²) in [6.45, 7) is 10.8. The topological polar surface area (TPSA) is 6.48 Å². The first kappa shape index (κ1) is 39.9. The van der Waals surface area contributed by atoms with Crippen LogP contribution in [0, 0.1) is 5.92 Å². The number of hydrogen-bond acceptors (Lipinski definition) is 2. The van der Waals surface area contributed by atoms with Crippen molar-refractivity contribution < 1.29 is 0 Å². The minimum Gasteiger partial charge on any atom is -0.315 e. The van der Waals surface area contributed by atoms with Crippen LogP contribution in [0.25, 0.3) is 28.0 Å². The zero-order valence-electron chi connectivity index (χ0n) is 36.0. The summed E-state index contributed by atoms with van der Waals surface area (Å²) in [6, 6.07) is 36.7. The molecule has 0 amide bonds. The molecule has 0 N–H and O–H groups in total. The zero-order chi connectivity index (χ0) is 41.0. The molecule has 5 aromatic carbocycles. The van der Waals surface area contributed by atoms with Gasteiger partial charge < -0.3 is 9.80 Å². The standard InChI is InChI=1S/C54H60N2S2/c1-11-12-15-23-40(4)55(41-24-16-13-17-25-41)44-31-34-47-50(37-44)54(57(5,6)7,58(8,9)10)53-46-33-30-43(36-48(46)45-32-29-38(2)35-49(45)52(47)53)56(42-26-18-14-19-27-42)51-28-21-20-22-39(51)3/h11-19,22-34,36-38H,1,20-21,35H2,2-10H3/b15-12-,40-23-. The Morgan fingerprint density at radius 3 is 2.05 bits per heavy atom. The van der Waals surface area contributed by atoms with Crippen LogP contribution in [0.3, 0.4) is 0 Å². The molecular weight excluding hydrogens is 741 g/mol. The third-order valence-corrected chi connectivity index (χ3v) is 19.6. The first-order valence-corrected chi connectivity index (χ1v) is 26.3. The maximum absolute atomic E-state index is 3.91. The van der Waals surface area contributed by atoms with E-state index >= 15 is 0 Å². The number of hydrogen-bond donors (Lipinski definition) is 0. The molecular formula is C54H60N2S2. The molecule has 0 radical (unpaired) electrons. The predicted molar refractivity (Wildman–Crippen MR) is 264 cm³/mol. The van der Waals surface area contributed by atoms with E-state index in [1.807, 2.05) is 12.2 Å². The van der Waals surface area contributed by atoms with Gasteiger partial charge in [-0.15, -0.1) is 0 Å². The maximum atomic E-state index is 3.91. The van der Waals surface area contributed by atoms with Crippen LogP contribution in [0.15, 0.2) is 163 Å². The van der Waals surface area contributed by atoms with Crippen molar-refractivity contribution >= 4 is 59.7 Å². The molecule has 0 fully saturated rings. The highest BCUT2D eigenvalue weighted by Gasteiger charge is 2.56. The Balaban J connectivity index is 1.45. The lowest BCUT2D eigenvalue weighted by Crippen LogP contribution is -2.36. The normalized spacial score (nSPS) is 17.9. The summed E-state index contributed by atoms with van der Waals surface area (Å²) in [4.78, 5) is 4.92. The zero-order valence-corrected chi connectivity index (χ0v) is 37.6. The van der Waals surface area contributed by atoms with Crippen LogP contribution < -0.4 is 9.80 Å². The van der Waals surface area contributed by atoms with E-state index in [0.717, 1.165) is 30.6 Å². The minimum absolute atomic E-state index is 0.160. The average molecular weight is 801 g/mol. The van der Waals surface area contributed by atoms with Gasteiger partial charge in [-0.05, 0) is 181 Å². The Hall–Kier alpha value is -4.90. The molecule has 8 rings (SSSR count). The lowest BCUT2D eigenvalue weighted by atomic mass is 9.81. The number of para-hydroxylation sites is 2. The summed E-state index contributed by atoms with van der Waals surface area (Å²) in [7, 11) is -2.56. The molecule has 298 valence electrons. The molecule has 0 bridgehead atoms. The number of rotatable bonds is 10. The molecule has 0 aromatic heterocycles. The van der Waals surface area contributed by atoms with Crippen LogP contribution in [-0.2, 0) is 10.5 Å². The van der Waals surface area contributed by atoms with Gasteiger partial charge in [-0.2, -0.15) is 0 Å². The Kier molecular flexibility index (Phi) is 10.6. The minimum atomic E-state index is -1.28. The third-order valence-electron chi connectivity index (χ3n) is 12.3. The quantitative estimate of drug-likeness (QED) is 0.130. The van der Waals surface area contributed by atoms with Gasteiger partial charge in [-0.1, -0.05) is 105 Å². The monoisotopic (exact) mass is 800 g/mol. The summed E-state index contributed by atoms with van der Waals surface area (Å²) >= 11 is 0. The Bertz CT molecular complexity index is 2540. The van der Waals surface area contributed by atoms with Crippen molar-refractivity contribution in [3.63, 3.8) is 0 Å². The van der Waals surface area contributed by atoms with E-state index in [-0.39, 0.29) is 4.08 Å². The van der Waals surface area contributed by atoms with Crippen molar-refractivity contribution in [1.82, 2.24) is 0 Å². The van der Waals surface area contributed by atoms with E-state index in [9.17, 15) is 0 Å². The van der Waals surface area contributed by atoms with Crippen LogP contribution in [0.4, 0.5) is 22.7 Å². The van der Waals surface area contributed by atoms with Crippen molar-refractivity contribution in [1.29, 1.82) is 0 Å². The van der Waals surface area contributed by atoms with Crippen LogP contribution in [0.5, 0.6) is 0 Å². The molecule has 0 saturated carbocycles.